The van der Waals surface area contributed by atoms with Crippen LogP contribution in [0.15, 0.2) is 30.5 Å². The summed E-state index contributed by atoms with van der Waals surface area (Å²) in [5.41, 5.74) is 9.04. The molecule has 0 saturated heterocycles. The first-order valence-corrected chi connectivity index (χ1v) is 5.90. The lowest BCUT2D eigenvalue weighted by Crippen LogP contribution is -2.45. The van der Waals surface area contributed by atoms with Crippen molar-refractivity contribution in [1.29, 1.82) is 0 Å². The molecule has 84 valence electrons. The number of rotatable bonds is 2. The van der Waals surface area contributed by atoms with Crippen molar-refractivity contribution < 1.29 is 0 Å². The van der Waals surface area contributed by atoms with Gasteiger partial charge >= 0.3 is 0 Å². The van der Waals surface area contributed by atoms with Crippen molar-refractivity contribution >= 4 is 10.9 Å². The molecule has 0 atom stereocenters. The molecule has 1 aromatic heterocycles. The Morgan fingerprint density at radius 2 is 2.00 bits per heavy atom. The lowest BCUT2D eigenvalue weighted by atomic mass is 9.78. The standard InChI is InChI=1S/C14H18N2/c1-13(2,15)14(7-8-14)11-5-3-4-10-6-9-16-12(10)11/h3-6,9,16H,7-8,15H2,1-2H3. The van der Waals surface area contributed by atoms with Crippen LogP contribution in [-0.2, 0) is 5.41 Å². The molecule has 2 heteroatoms. The van der Waals surface area contributed by atoms with Gasteiger partial charge < -0.3 is 10.7 Å². The fourth-order valence-corrected chi connectivity index (χ4v) is 2.87. The van der Waals surface area contributed by atoms with Gasteiger partial charge in [-0.25, -0.2) is 0 Å². The highest BCUT2D eigenvalue weighted by atomic mass is 14.8. The maximum absolute atomic E-state index is 6.35. The number of aromatic nitrogens is 1. The molecule has 3 N–H and O–H groups in total. The van der Waals surface area contributed by atoms with Crippen LogP contribution >= 0.6 is 0 Å². The third kappa shape index (κ3) is 1.17. The quantitative estimate of drug-likeness (QED) is 0.793. The number of nitrogens with one attached hydrogen (secondary N) is 1. The molecular formula is C14H18N2. The zero-order valence-electron chi connectivity index (χ0n) is 9.88. The molecule has 0 bridgehead atoms. The second kappa shape index (κ2) is 2.89. The van der Waals surface area contributed by atoms with E-state index in [2.05, 4.69) is 43.1 Å². The summed E-state index contributed by atoms with van der Waals surface area (Å²) in [7, 11) is 0. The van der Waals surface area contributed by atoms with Gasteiger partial charge in [-0.2, -0.15) is 0 Å². The van der Waals surface area contributed by atoms with Crippen LogP contribution in [0.25, 0.3) is 10.9 Å². The highest BCUT2D eigenvalue weighted by molar-refractivity contribution is 5.84. The Morgan fingerprint density at radius 1 is 1.25 bits per heavy atom. The van der Waals surface area contributed by atoms with Crippen molar-refractivity contribution in [3.8, 4) is 0 Å². The second-order valence-electron chi connectivity index (χ2n) is 5.55. The number of para-hydroxylation sites is 1. The van der Waals surface area contributed by atoms with E-state index in [1.54, 1.807) is 0 Å². The SMILES string of the molecule is CC(C)(N)C1(c2cccc3cc[nH]c23)CC1. The fraction of sp³-hybridized carbons (Fsp3) is 0.429. The average molecular weight is 214 g/mol. The summed E-state index contributed by atoms with van der Waals surface area (Å²) < 4.78 is 0. The lowest BCUT2D eigenvalue weighted by Gasteiger charge is -2.31. The van der Waals surface area contributed by atoms with E-state index in [-0.39, 0.29) is 11.0 Å². The fourth-order valence-electron chi connectivity index (χ4n) is 2.87. The number of fused-ring (bicyclic) bond motifs is 1. The minimum atomic E-state index is -0.146. The van der Waals surface area contributed by atoms with E-state index in [9.17, 15) is 0 Å². The molecule has 1 aromatic carbocycles. The van der Waals surface area contributed by atoms with Crippen molar-refractivity contribution in [3.05, 3.63) is 36.0 Å². The Balaban J connectivity index is 2.23. The molecule has 0 aliphatic heterocycles. The van der Waals surface area contributed by atoms with E-state index in [1.165, 1.54) is 29.3 Å². The highest BCUT2D eigenvalue weighted by Gasteiger charge is 2.54. The number of H-pyrrole nitrogens is 1. The molecule has 0 unspecified atom stereocenters. The van der Waals surface area contributed by atoms with Crippen LogP contribution in [0.2, 0.25) is 0 Å². The molecule has 1 aliphatic carbocycles. The number of hydrogen-bond acceptors (Lipinski definition) is 1. The maximum Gasteiger partial charge on any atom is 0.0492 e. The van der Waals surface area contributed by atoms with Crippen LogP contribution in [-0.4, -0.2) is 10.5 Å². The van der Waals surface area contributed by atoms with E-state index >= 15 is 0 Å². The number of hydrogen-bond donors (Lipinski definition) is 2. The van der Waals surface area contributed by atoms with Crippen molar-refractivity contribution in [3.63, 3.8) is 0 Å². The van der Waals surface area contributed by atoms with Gasteiger partial charge in [-0.15, -0.1) is 0 Å². The Morgan fingerprint density at radius 3 is 2.62 bits per heavy atom. The van der Waals surface area contributed by atoms with Crippen molar-refractivity contribution in [1.82, 2.24) is 4.98 Å². The Bertz CT molecular complexity index is 527. The first-order valence-electron chi connectivity index (χ1n) is 5.90. The van der Waals surface area contributed by atoms with Gasteiger partial charge in [-0.3, -0.25) is 0 Å². The second-order valence-corrected chi connectivity index (χ2v) is 5.55. The molecule has 0 radical (unpaired) electrons. The van der Waals surface area contributed by atoms with Gasteiger partial charge in [0.1, 0.15) is 0 Å². The molecule has 1 heterocycles. The van der Waals surface area contributed by atoms with E-state index in [1.807, 2.05) is 6.20 Å². The summed E-state index contributed by atoms with van der Waals surface area (Å²) in [6.07, 6.45) is 4.41. The van der Waals surface area contributed by atoms with Crippen molar-refractivity contribution in [2.24, 2.45) is 5.73 Å². The number of benzene rings is 1. The zero-order chi connectivity index (χ0) is 11.4. The summed E-state index contributed by atoms with van der Waals surface area (Å²) >= 11 is 0. The zero-order valence-corrected chi connectivity index (χ0v) is 9.88. The molecule has 0 amide bonds. The number of aromatic amines is 1. The van der Waals surface area contributed by atoms with E-state index < -0.39 is 0 Å². The van der Waals surface area contributed by atoms with Crippen LogP contribution < -0.4 is 5.73 Å². The minimum Gasteiger partial charge on any atom is -0.361 e. The van der Waals surface area contributed by atoms with Gasteiger partial charge in [0.2, 0.25) is 0 Å². The number of nitrogens with two attached hydrogens (primary N) is 1. The van der Waals surface area contributed by atoms with Gasteiger partial charge in [0.05, 0.1) is 0 Å². The molecule has 0 spiro atoms. The summed E-state index contributed by atoms with van der Waals surface area (Å²) in [5, 5.41) is 1.29. The third-order valence-corrected chi connectivity index (χ3v) is 4.09. The van der Waals surface area contributed by atoms with Crippen molar-refractivity contribution in [2.45, 2.75) is 37.6 Å². The Kier molecular flexibility index (Phi) is 1.79. The maximum atomic E-state index is 6.35. The monoisotopic (exact) mass is 214 g/mol. The predicted molar refractivity (Wildman–Crippen MR) is 67.5 cm³/mol. The molecule has 1 fully saturated rings. The minimum absolute atomic E-state index is 0.146. The van der Waals surface area contributed by atoms with E-state index in [0.29, 0.717) is 0 Å². The lowest BCUT2D eigenvalue weighted by molar-refractivity contribution is 0.393. The summed E-state index contributed by atoms with van der Waals surface area (Å²) in [4.78, 5) is 3.35. The molecule has 3 rings (SSSR count). The Hall–Kier alpha value is -1.28. The van der Waals surface area contributed by atoms with Crippen LogP contribution in [0, 0.1) is 0 Å². The van der Waals surface area contributed by atoms with Crippen LogP contribution in [0.4, 0.5) is 0 Å². The Labute approximate surface area is 95.8 Å². The predicted octanol–water partition coefficient (Wildman–Crippen LogP) is 2.94. The largest absolute Gasteiger partial charge is 0.361 e. The topological polar surface area (TPSA) is 41.8 Å². The first-order chi connectivity index (χ1) is 7.55. The van der Waals surface area contributed by atoms with Crippen LogP contribution in [0.5, 0.6) is 0 Å². The third-order valence-electron chi connectivity index (χ3n) is 4.09. The van der Waals surface area contributed by atoms with E-state index in [0.717, 1.165) is 0 Å². The summed E-state index contributed by atoms with van der Waals surface area (Å²) in [6, 6.07) is 8.63. The van der Waals surface area contributed by atoms with Crippen LogP contribution in [0.3, 0.4) is 0 Å². The van der Waals surface area contributed by atoms with Crippen LogP contribution in [0.1, 0.15) is 32.3 Å². The van der Waals surface area contributed by atoms with Gasteiger partial charge in [0.15, 0.2) is 0 Å². The summed E-state index contributed by atoms with van der Waals surface area (Å²) in [6.45, 7) is 4.28. The first kappa shape index (κ1) is 9.91. The normalized spacial score (nSPS) is 18.9. The van der Waals surface area contributed by atoms with Gasteiger partial charge in [-0.1, -0.05) is 18.2 Å². The van der Waals surface area contributed by atoms with Crippen molar-refractivity contribution in [2.75, 3.05) is 0 Å². The van der Waals surface area contributed by atoms with Gasteiger partial charge in [0, 0.05) is 22.7 Å². The molecule has 2 aromatic rings. The molecular weight excluding hydrogens is 196 g/mol. The molecule has 1 aliphatic rings. The van der Waals surface area contributed by atoms with Gasteiger partial charge in [0.25, 0.3) is 0 Å². The average Bonchev–Trinajstić information content (AvgIpc) is 2.89. The van der Waals surface area contributed by atoms with Gasteiger partial charge in [-0.05, 0) is 43.7 Å². The smallest absolute Gasteiger partial charge is 0.0492 e. The highest BCUT2D eigenvalue weighted by Crippen LogP contribution is 2.55. The molecule has 2 nitrogen and oxygen atoms in total. The molecule has 16 heavy (non-hydrogen) atoms. The van der Waals surface area contributed by atoms with E-state index in [4.69, 9.17) is 5.73 Å². The molecule has 1 saturated carbocycles. The summed E-state index contributed by atoms with van der Waals surface area (Å²) in [5.74, 6) is 0.